The van der Waals surface area contributed by atoms with Crippen LogP contribution in [0.25, 0.3) is 11.0 Å². The molecule has 0 aliphatic carbocycles. The van der Waals surface area contributed by atoms with Gasteiger partial charge in [0.2, 0.25) is 5.76 Å². The lowest BCUT2D eigenvalue weighted by atomic mass is 9.96. The summed E-state index contributed by atoms with van der Waals surface area (Å²) in [5.74, 6) is -0.158. The molecule has 0 spiro atoms. The van der Waals surface area contributed by atoms with Gasteiger partial charge in [0, 0.05) is 5.69 Å². The topological polar surface area (TPSA) is 50.5 Å². The molecule has 31 heavy (non-hydrogen) atoms. The third kappa shape index (κ3) is 3.07. The van der Waals surface area contributed by atoms with Crippen LogP contribution in [0.1, 0.15) is 51.3 Å². The van der Waals surface area contributed by atoms with E-state index in [-0.39, 0.29) is 17.1 Å². The summed E-state index contributed by atoms with van der Waals surface area (Å²) in [4.78, 5) is 28.8. The molecule has 1 aliphatic rings. The lowest BCUT2D eigenvalue weighted by Crippen LogP contribution is -2.29. The number of benzene rings is 3. The number of carbonyl (C=O) groups is 1. The van der Waals surface area contributed by atoms with Crippen molar-refractivity contribution in [1.82, 2.24) is 0 Å². The van der Waals surface area contributed by atoms with Crippen LogP contribution in [0.15, 0.2) is 75.9 Å². The predicted octanol–water partition coefficient (Wildman–Crippen LogP) is 5.72. The fraction of sp³-hybridized carbons (Fsp3) is 0.185. The van der Waals surface area contributed by atoms with Crippen molar-refractivity contribution < 1.29 is 9.21 Å². The van der Waals surface area contributed by atoms with Gasteiger partial charge in [0.25, 0.3) is 5.91 Å². The monoisotopic (exact) mass is 409 g/mol. The fourth-order valence-corrected chi connectivity index (χ4v) is 4.31. The number of aryl methyl sites for hydroxylation is 3. The van der Waals surface area contributed by atoms with Crippen LogP contribution in [0.4, 0.5) is 5.69 Å². The lowest BCUT2D eigenvalue weighted by Gasteiger charge is -2.25. The van der Waals surface area contributed by atoms with Gasteiger partial charge < -0.3 is 4.42 Å². The van der Waals surface area contributed by atoms with Gasteiger partial charge in [0.15, 0.2) is 5.43 Å². The minimum Gasteiger partial charge on any atom is -0.450 e. The van der Waals surface area contributed by atoms with E-state index in [9.17, 15) is 9.59 Å². The average Bonchev–Trinajstić information content (AvgIpc) is 3.07. The second-order valence-electron chi connectivity index (χ2n) is 8.18. The number of hydrogen-bond donors (Lipinski definition) is 0. The maximum absolute atomic E-state index is 13.6. The Hall–Kier alpha value is -3.66. The summed E-state index contributed by atoms with van der Waals surface area (Å²) in [5.41, 5.74) is 5.62. The van der Waals surface area contributed by atoms with Gasteiger partial charge in [-0.15, -0.1) is 0 Å². The van der Waals surface area contributed by atoms with Gasteiger partial charge in [0.1, 0.15) is 5.58 Å². The van der Waals surface area contributed by atoms with Gasteiger partial charge in [-0.3, -0.25) is 14.5 Å². The summed E-state index contributed by atoms with van der Waals surface area (Å²) in [7, 11) is 0. The summed E-state index contributed by atoms with van der Waals surface area (Å²) in [6.45, 7) is 6.05. The molecule has 0 bridgehead atoms. The third-order valence-electron chi connectivity index (χ3n) is 6.04. The molecule has 0 N–H and O–H groups in total. The highest BCUT2D eigenvalue weighted by Crippen LogP contribution is 2.41. The first-order chi connectivity index (χ1) is 15.0. The van der Waals surface area contributed by atoms with Crippen molar-refractivity contribution in [1.29, 1.82) is 0 Å². The Morgan fingerprint density at radius 2 is 1.55 bits per heavy atom. The molecular formula is C27H23NO3. The molecule has 5 rings (SSSR count). The van der Waals surface area contributed by atoms with Crippen LogP contribution in [0.2, 0.25) is 0 Å². The van der Waals surface area contributed by atoms with Crippen LogP contribution in [0.5, 0.6) is 0 Å². The van der Waals surface area contributed by atoms with Crippen LogP contribution >= 0.6 is 0 Å². The number of rotatable bonds is 3. The maximum atomic E-state index is 13.6. The van der Waals surface area contributed by atoms with Crippen molar-refractivity contribution in [3.63, 3.8) is 0 Å². The molecule has 1 unspecified atom stereocenters. The molecule has 4 nitrogen and oxygen atoms in total. The van der Waals surface area contributed by atoms with Crippen molar-refractivity contribution in [2.45, 2.75) is 33.2 Å². The van der Waals surface area contributed by atoms with Crippen molar-refractivity contribution in [3.05, 3.63) is 111 Å². The molecule has 0 saturated carbocycles. The molecule has 2 heterocycles. The van der Waals surface area contributed by atoms with E-state index < -0.39 is 6.04 Å². The van der Waals surface area contributed by atoms with Gasteiger partial charge in [-0.05, 0) is 55.7 Å². The molecule has 3 aromatic carbocycles. The zero-order valence-corrected chi connectivity index (χ0v) is 17.8. The largest absolute Gasteiger partial charge is 0.450 e. The average molecular weight is 409 g/mol. The molecule has 1 atom stereocenters. The number of hydrogen-bond acceptors (Lipinski definition) is 3. The maximum Gasteiger partial charge on any atom is 0.295 e. The van der Waals surface area contributed by atoms with E-state index in [0.717, 1.165) is 28.8 Å². The zero-order valence-electron chi connectivity index (χ0n) is 17.8. The molecule has 4 heteroatoms. The summed E-state index contributed by atoms with van der Waals surface area (Å²) in [6.07, 6.45) is 0.925. The zero-order chi connectivity index (χ0) is 21.7. The Labute approximate surface area is 180 Å². The predicted molar refractivity (Wildman–Crippen MR) is 123 cm³/mol. The molecule has 1 aliphatic heterocycles. The molecule has 0 saturated heterocycles. The second kappa shape index (κ2) is 7.24. The van der Waals surface area contributed by atoms with Crippen molar-refractivity contribution in [2.75, 3.05) is 4.90 Å². The fourth-order valence-electron chi connectivity index (χ4n) is 4.31. The van der Waals surface area contributed by atoms with Crippen LogP contribution in [0.3, 0.4) is 0 Å². The first-order valence-corrected chi connectivity index (χ1v) is 10.5. The Morgan fingerprint density at radius 1 is 0.871 bits per heavy atom. The first-order valence-electron chi connectivity index (χ1n) is 10.5. The van der Waals surface area contributed by atoms with E-state index in [1.807, 2.05) is 62.4 Å². The molecule has 154 valence electrons. The third-order valence-corrected chi connectivity index (χ3v) is 6.04. The van der Waals surface area contributed by atoms with Crippen LogP contribution in [0, 0.1) is 13.8 Å². The highest BCUT2D eigenvalue weighted by atomic mass is 16.3. The number of amides is 1. The minimum atomic E-state index is -0.530. The van der Waals surface area contributed by atoms with Crippen LogP contribution < -0.4 is 10.3 Å². The first kappa shape index (κ1) is 19.3. The van der Waals surface area contributed by atoms with Gasteiger partial charge >= 0.3 is 0 Å². The van der Waals surface area contributed by atoms with E-state index in [1.165, 1.54) is 5.56 Å². The summed E-state index contributed by atoms with van der Waals surface area (Å²) in [5, 5.41) is 0.507. The summed E-state index contributed by atoms with van der Waals surface area (Å²) in [6, 6.07) is 20.8. The Bertz CT molecular complexity index is 1370. The quantitative estimate of drug-likeness (QED) is 0.435. The molecule has 1 amide bonds. The Kier molecular flexibility index (Phi) is 4.51. The Balaban J connectivity index is 1.79. The molecule has 0 radical (unpaired) electrons. The van der Waals surface area contributed by atoms with E-state index in [0.29, 0.717) is 16.5 Å². The van der Waals surface area contributed by atoms with Crippen LogP contribution in [-0.4, -0.2) is 5.91 Å². The normalized spacial score (nSPS) is 15.5. The highest BCUT2D eigenvalue weighted by Gasteiger charge is 2.43. The molecular weight excluding hydrogens is 386 g/mol. The Morgan fingerprint density at radius 3 is 2.23 bits per heavy atom. The number of anilines is 1. The van der Waals surface area contributed by atoms with Gasteiger partial charge in [-0.25, -0.2) is 0 Å². The second-order valence-corrected chi connectivity index (χ2v) is 8.18. The van der Waals surface area contributed by atoms with E-state index in [1.54, 1.807) is 11.0 Å². The smallest absolute Gasteiger partial charge is 0.295 e. The van der Waals surface area contributed by atoms with Crippen molar-refractivity contribution in [2.24, 2.45) is 0 Å². The number of carbonyl (C=O) groups excluding carboxylic acids is 1. The van der Waals surface area contributed by atoms with Gasteiger partial charge in [-0.2, -0.15) is 0 Å². The number of nitrogens with zero attached hydrogens (tertiary/aromatic N) is 1. The molecule has 0 fully saturated rings. The number of fused-ring (bicyclic) bond motifs is 2. The van der Waals surface area contributed by atoms with Crippen LogP contribution in [-0.2, 0) is 6.42 Å². The summed E-state index contributed by atoms with van der Waals surface area (Å²) >= 11 is 0. The molecule has 4 aromatic rings. The summed E-state index contributed by atoms with van der Waals surface area (Å²) < 4.78 is 6.03. The van der Waals surface area contributed by atoms with E-state index >= 15 is 0 Å². The SMILES string of the molecule is CCc1ccc(C2c3c(oc4ccc(C)cc4c3=O)C(=O)N2c2ccc(C)cc2)cc1. The highest BCUT2D eigenvalue weighted by molar-refractivity contribution is 6.10. The standard InChI is InChI=1S/C27H23NO3/c1-4-18-8-10-19(11-9-18)24-23-25(29)21-15-17(3)7-14-22(21)31-26(23)27(30)28(24)20-12-5-16(2)6-13-20/h5-15,24H,4H2,1-3H3. The van der Waals surface area contributed by atoms with Crippen molar-refractivity contribution in [3.8, 4) is 0 Å². The van der Waals surface area contributed by atoms with E-state index in [4.69, 9.17) is 4.42 Å². The van der Waals surface area contributed by atoms with E-state index in [2.05, 4.69) is 19.1 Å². The van der Waals surface area contributed by atoms with Crippen molar-refractivity contribution >= 4 is 22.6 Å². The molecule has 1 aromatic heterocycles. The lowest BCUT2D eigenvalue weighted by molar-refractivity contribution is 0.0971. The minimum absolute atomic E-state index is 0.131. The van der Waals surface area contributed by atoms with Gasteiger partial charge in [-0.1, -0.05) is 60.5 Å². The van der Waals surface area contributed by atoms with Gasteiger partial charge in [0.05, 0.1) is 17.0 Å².